The fraction of sp³-hybridized carbons (Fsp3) is 0.0833. The van der Waals surface area contributed by atoms with Crippen molar-refractivity contribution in [3.63, 3.8) is 0 Å². The van der Waals surface area contributed by atoms with Crippen LogP contribution in [0.5, 0.6) is 5.75 Å². The SMILES string of the molecule is O=C1S/C(=C\c2cc(Br)c(OCc3ccccc3Cl)c(Br)c2)C(=O)N1Cc1ccc([N+](=O)[O-])cc1. The Labute approximate surface area is 226 Å². The van der Waals surface area contributed by atoms with Gasteiger partial charge in [0.15, 0.2) is 0 Å². The zero-order valence-corrected chi connectivity index (χ0v) is 22.5. The maximum atomic E-state index is 12.9. The molecule has 0 unspecified atom stereocenters. The molecule has 11 heteroatoms. The molecule has 0 bridgehead atoms. The molecular weight excluding hydrogens is 624 g/mol. The van der Waals surface area contributed by atoms with Crippen molar-refractivity contribution in [2.45, 2.75) is 13.2 Å². The number of amides is 2. The molecule has 0 radical (unpaired) electrons. The second-order valence-corrected chi connectivity index (χ2v) is 10.5. The summed E-state index contributed by atoms with van der Waals surface area (Å²) in [5, 5.41) is 11.0. The highest BCUT2D eigenvalue weighted by molar-refractivity contribution is 9.11. The lowest BCUT2D eigenvalue weighted by molar-refractivity contribution is -0.384. The molecule has 1 heterocycles. The summed E-state index contributed by atoms with van der Waals surface area (Å²) in [5.74, 6) is 0.151. The number of rotatable bonds is 7. The van der Waals surface area contributed by atoms with E-state index in [9.17, 15) is 19.7 Å². The first kappa shape index (κ1) is 25.4. The summed E-state index contributed by atoms with van der Waals surface area (Å²) >= 11 is 14.0. The van der Waals surface area contributed by atoms with Gasteiger partial charge < -0.3 is 4.74 Å². The second-order valence-electron chi connectivity index (χ2n) is 7.39. The molecule has 0 spiro atoms. The van der Waals surface area contributed by atoms with E-state index >= 15 is 0 Å². The van der Waals surface area contributed by atoms with Gasteiger partial charge in [-0.2, -0.15) is 0 Å². The average Bonchev–Trinajstić information content (AvgIpc) is 3.07. The van der Waals surface area contributed by atoms with Crippen LogP contribution in [-0.4, -0.2) is 21.0 Å². The third-order valence-corrected chi connectivity index (χ3v) is 7.46. The van der Waals surface area contributed by atoms with Gasteiger partial charge in [0, 0.05) is 22.7 Å². The second kappa shape index (κ2) is 10.9. The van der Waals surface area contributed by atoms with Gasteiger partial charge in [0.2, 0.25) is 0 Å². The predicted molar refractivity (Wildman–Crippen MR) is 142 cm³/mol. The van der Waals surface area contributed by atoms with Crippen LogP contribution in [0.1, 0.15) is 16.7 Å². The number of nitro benzene ring substituents is 1. The highest BCUT2D eigenvalue weighted by atomic mass is 79.9. The van der Waals surface area contributed by atoms with Gasteiger partial charge in [0.1, 0.15) is 12.4 Å². The normalized spacial score (nSPS) is 14.6. The topological polar surface area (TPSA) is 89.8 Å². The zero-order valence-electron chi connectivity index (χ0n) is 17.7. The summed E-state index contributed by atoms with van der Waals surface area (Å²) in [4.78, 5) is 37.1. The van der Waals surface area contributed by atoms with Crippen LogP contribution < -0.4 is 4.74 Å². The molecule has 2 amide bonds. The summed E-state index contributed by atoms with van der Waals surface area (Å²) < 4.78 is 7.25. The Morgan fingerprint density at radius 1 is 1.06 bits per heavy atom. The van der Waals surface area contributed by atoms with Gasteiger partial charge in [-0.3, -0.25) is 24.6 Å². The molecule has 35 heavy (non-hydrogen) atoms. The Morgan fingerprint density at radius 2 is 1.71 bits per heavy atom. The lowest BCUT2D eigenvalue weighted by atomic mass is 10.2. The summed E-state index contributed by atoms with van der Waals surface area (Å²) in [6, 6.07) is 16.7. The molecule has 4 rings (SSSR count). The molecule has 1 saturated heterocycles. The predicted octanol–water partition coefficient (Wildman–Crippen LogP) is 7.59. The smallest absolute Gasteiger partial charge is 0.293 e. The standard InChI is InChI=1S/C24H15Br2ClN2O5S/c25-18-9-15(10-19(26)22(18)34-13-16-3-1-2-4-20(16)27)11-21-23(30)28(24(31)35-21)12-14-5-7-17(8-6-14)29(32)33/h1-11H,12-13H2/b21-11-. The van der Waals surface area contributed by atoms with Crippen molar-refractivity contribution in [3.05, 3.63) is 106 Å². The van der Waals surface area contributed by atoms with Crippen molar-refractivity contribution < 1.29 is 19.2 Å². The molecule has 0 N–H and O–H groups in total. The molecule has 0 atom stereocenters. The van der Waals surface area contributed by atoms with Crippen molar-refractivity contribution in [1.82, 2.24) is 4.90 Å². The number of ether oxygens (including phenoxy) is 1. The fourth-order valence-electron chi connectivity index (χ4n) is 3.26. The van der Waals surface area contributed by atoms with E-state index < -0.39 is 16.1 Å². The Bertz CT molecular complexity index is 1340. The maximum Gasteiger partial charge on any atom is 0.293 e. The van der Waals surface area contributed by atoms with Gasteiger partial charge in [0.05, 0.1) is 25.3 Å². The van der Waals surface area contributed by atoms with E-state index in [2.05, 4.69) is 31.9 Å². The van der Waals surface area contributed by atoms with Crippen molar-refractivity contribution in [1.29, 1.82) is 0 Å². The molecule has 3 aromatic carbocycles. The number of hydrogen-bond acceptors (Lipinski definition) is 6. The van der Waals surface area contributed by atoms with E-state index in [0.29, 0.717) is 30.8 Å². The van der Waals surface area contributed by atoms with Gasteiger partial charge in [0.25, 0.3) is 16.8 Å². The van der Waals surface area contributed by atoms with Crippen LogP contribution in [0.15, 0.2) is 74.5 Å². The van der Waals surface area contributed by atoms with E-state index in [1.807, 2.05) is 18.2 Å². The minimum Gasteiger partial charge on any atom is -0.486 e. The first-order valence-corrected chi connectivity index (χ1v) is 12.8. The third-order valence-electron chi connectivity index (χ3n) is 5.01. The lowest BCUT2D eigenvalue weighted by Crippen LogP contribution is -2.27. The van der Waals surface area contributed by atoms with Crippen LogP contribution in [0.25, 0.3) is 6.08 Å². The first-order chi connectivity index (χ1) is 16.7. The van der Waals surface area contributed by atoms with Gasteiger partial charge in [-0.1, -0.05) is 41.9 Å². The summed E-state index contributed by atoms with van der Waals surface area (Å²) in [6.45, 7) is 0.306. The molecule has 3 aromatic rings. The molecule has 0 aliphatic carbocycles. The molecular formula is C24H15Br2ClN2O5S. The van der Waals surface area contributed by atoms with E-state index in [-0.39, 0.29) is 23.7 Å². The molecule has 0 saturated carbocycles. The van der Waals surface area contributed by atoms with Crippen LogP contribution in [-0.2, 0) is 17.9 Å². The number of nitro groups is 1. The van der Waals surface area contributed by atoms with E-state index in [1.165, 1.54) is 24.3 Å². The largest absolute Gasteiger partial charge is 0.486 e. The molecule has 1 fully saturated rings. The van der Waals surface area contributed by atoms with Gasteiger partial charge >= 0.3 is 0 Å². The molecule has 1 aliphatic rings. The van der Waals surface area contributed by atoms with E-state index in [1.54, 1.807) is 24.3 Å². The Balaban J connectivity index is 1.49. The number of hydrogen-bond donors (Lipinski definition) is 0. The highest BCUT2D eigenvalue weighted by Crippen LogP contribution is 2.38. The monoisotopic (exact) mass is 636 g/mol. The number of nitrogens with zero attached hydrogens (tertiary/aromatic N) is 2. The number of carbonyl (C=O) groups is 2. The molecule has 7 nitrogen and oxygen atoms in total. The van der Waals surface area contributed by atoms with Crippen molar-refractivity contribution in [2.24, 2.45) is 0 Å². The fourth-order valence-corrected chi connectivity index (χ4v) is 5.74. The number of benzene rings is 3. The van der Waals surface area contributed by atoms with Gasteiger partial charge in [-0.05, 0) is 79.0 Å². The van der Waals surface area contributed by atoms with Crippen LogP contribution in [0.4, 0.5) is 10.5 Å². The van der Waals surface area contributed by atoms with E-state index in [4.69, 9.17) is 16.3 Å². The molecule has 1 aliphatic heterocycles. The maximum absolute atomic E-state index is 12.9. The van der Waals surface area contributed by atoms with Gasteiger partial charge in [-0.25, -0.2) is 0 Å². The minimum absolute atomic E-state index is 0.0300. The quantitative estimate of drug-likeness (QED) is 0.151. The molecule has 178 valence electrons. The van der Waals surface area contributed by atoms with Crippen molar-refractivity contribution in [3.8, 4) is 5.75 Å². The Morgan fingerprint density at radius 3 is 2.34 bits per heavy atom. The number of thioether (sulfide) groups is 1. The minimum atomic E-state index is -0.504. The third kappa shape index (κ3) is 5.95. The van der Waals surface area contributed by atoms with Crippen LogP contribution in [0.2, 0.25) is 5.02 Å². The first-order valence-electron chi connectivity index (χ1n) is 10.1. The lowest BCUT2D eigenvalue weighted by Gasteiger charge is -2.13. The summed E-state index contributed by atoms with van der Waals surface area (Å²) in [6.07, 6.45) is 1.63. The number of imide groups is 1. The Kier molecular flexibility index (Phi) is 7.95. The number of carbonyl (C=O) groups excluding carboxylic acids is 2. The summed E-state index contributed by atoms with van der Waals surface area (Å²) in [7, 11) is 0. The van der Waals surface area contributed by atoms with Crippen LogP contribution >= 0.6 is 55.2 Å². The number of non-ortho nitro benzene ring substituents is 1. The zero-order chi connectivity index (χ0) is 25.1. The van der Waals surface area contributed by atoms with Crippen molar-refractivity contribution in [2.75, 3.05) is 0 Å². The van der Waals surface area contributed by atoms with E-state index in [0.717, 1.165) is 22.2 Å². The average molecular weight is 639 g/mol. The van der Waals surface area contributed by atoms with Crippen LogP contribution in [0, 0.1) is 10.1 Å². The van der Waals surface area contributed by atoms with Gasteiger partial charge in [-0.15, -0.1) is 0 Å². The summed E-state index contributed by atoms with van der Waals surface area (Å²) in [5.41, 5.74) is 2.09. The van der Waals surface area contributed by atoms with Crippen molar-refractivity contribution >= 4 is 78.1 Å². The van der Waals surface area contributed by atoms with Crippen LogP contribution in [0.3, 0.4) is 0 Å². The molecule has 0 aromatic heterocycles. The Hall–Kier alpha value is -2.66. The highest BCUT2D eigenvalue weighted by Gasteiger charge is 2.35. The number of halogens is 3.